The number of halogens is 1. The molecule has 0 fully saturated rings. The summed E-state index contributed by atoms with van der Waals surface area (Å²) < 4.78 is 23.2. The maximum atomic E-state index is 13.4. The molecule has 126 valence electrons. The highest BCUT2D eigenvalue weighted by atomic mass is 19.1. The Morgan fingerprint density at radius 1 is 1.13 bits per heavy atom. The highest BCUT2D eigenvalue weighted by Gasteiger charge is 2.50. The molecule has 1 aromatic carbocycles. The van der Waals surface area contributed by atoms with Crippen LogP contribution in [-0.2, 0) is 30.3 Å². The monoisotopic (exact) mass is 325 g/mol. The SMILES string of the molecule is CCOC(=O)C(Cc1cccc(F)c1)(NC(C)=O)C(=O)OCC. The molecule has 0 unspecified atom stereocenters. The zero-order valence-corrected chi connectivity index (χ0v) is 13.3. The predicted octanol–water partition coefficient (Wildman–Crippen LogP) is 1.37. The number of amides is 1. The number of carbonyl (C=O) groups is 3. The molecular weight excluding hydrogens is 305 g/mol. The maximum absolute atomic E-state index is 13.4. The van der Waals surface area contributed by atoms with Crippen molar-refractivity contribution in [2.24, 2.45) is 0 Å². The molecule has 1 rings (SSSR count). The molecule has 1 N–H and O–H groups in total. The van der Waals surface area contributed by atoms with E-state index in [2.05, 4.69) is 5.32 Å². The van der Waals surface area contributed by atoms with Crippen LogP contribution in [-0.4, -0.2) is 36.6 Å². The van der Waals surface area contributed by atoms with Crippen LogP contribution >= 0.6 is 0 Å². The normalized spacial score (nSPS) is 10.8. The highest BCUT2D eigenvalue weighted by molar-refractivity contribution is 6.08. The lowest BCUT2D eigenvalue weighted by Gasteiger charge is -2.29. The lowest BCUT2D eigenvalue weighted by Crippen LogP contribution is -2.62. The summed E-state index contributed by atoms with van der Waals surface area (Å²) in [4.78, 5) is 36.3. The molecule has 0 radical (unpaired) electrons. The summed E-state index contributed by atoms with van der Waals surface area (Å²) in [6.07, 6.45) is -0.276. The third-order valence-electron chi connectivity index (χ3n) is 3.00. The van der Waals surface area contributed by atoms with E-state index in [1.54, 1.807) is 13.8 Å². The van der Waals surface area contributed by atoms with Crippen LogP contribution in [0.25, 0.3) is 0 Å². The van der Waals surface area contributed by atoms with Crippen LogP contribution in [0, 0.1) is 5.82 Å². The topological polar surface area (TPSA) is 81.7 Å². The average Bonchev–Trinajstić information content (AvgIpc) is 2.46. The van der Waals surface area contributed by atoms with E-state index in [1.807, 2.05) is 0 Å². The van der Waals surface area contributed by atoms with Crippen molar-refractivity contribution < 1.29 is 28.2 Å². The molecule has 0 heterocycles. The van der Waals surface area contributed by atoms with Gasteiger partial charge in [-0.25, -0.2) is 14.0 Å². The molecule has 1 amide bonds. The number of esters is 2. The van der Waals surface area contributed by atoms with E-state index < -0.39 is 29.2 Å². The standard InChI is InChI=1S/C16H20FNO5/c1-4-22-14(20)16(18-11(3)19,15(21)23-5-2)10-12-7-6-8-13(17)9-12/h6-9H,4-5,10H2,1-3H3,(H,18,19). The Hall–Kier alpha value is -2.44. The fourth-order valence-corrected chi connectivity index (χ4v) is 2.14. The van der Waals surface area contributed by atoms with Gasteiger partial charge < -0.3 is 14.8 Å². The predicted molar refractivity (Wildman–Crippen MR) is 79.9 cm³/mol. The molecule has 0 spiro atoms. The van der Waals surface area contributed by atoms with E-state index in [-0.39, 0.29) is 19.6 Å². The van der Waals surface area contributed by atoms with E-state index in [4.69, 9.17) is 9.47 Å². The zero-order chi connectivity index (χ0) is 17.5. The number of carbonyl (C=O) groups excluding carboxylic acids is 3. The third-order valence-corrected chi connectivity index (χ3v) is 3.00. The molecule has 0 bridgehead atoms. The fraction of sp³-hybridized carbons (Fsp3) is 0.438. The van der Waals surface area contributed by atoms with E-state index in [9.17, 15) is 18.8 Å². The second-order valence-corrected chi connectivity index (χ2v) is 4.83. The van der Waals surface area contributed by atoms with Gasteiger partial charge in [-0.15, -0.1) is 0 Å². The van der Waals surface area contributed by atoms with Crippen LogP contribution in [0.2, 0.25) is 0 Å². The summed E-state index contributed by atoms with van der Waals surface area (Å²) in [5, 5.41) is 2.32. The molecule has 7 heteroatoms. The molecule has 0 aliphatic rings. The fourth-order valence-electron chi connectivity index (χ4n) is 2.14. The molecule has 0 atom stereocenters. The number of hydrogen-bond acceptors (Lipinski definition) is 5. The molecule has 6 nitrogen and oxygen atoms in total. The quantitative estimate of drug-likeness (QED) is 0.605. The van der Waals surface area contributed by atoms with Crippen molar-refractivity contribution in [3.8, 4) is 0 Å². The Labute approximate surface area is 134 Å². The summed E-state index contributed by atoms with van der Waals surface area (Å²) in [6.45, 7) is 4.34. The van der Waals surface area contributed by atoms with Crippen LogP contribution < -0.4 is 5.32 Å². The molecule has 1 aromatic rings. The van der Waals surface area contributed by atoms with Gasteiger partial charge >= 0.3 is 11.9 Å². The number of hydrogen-bond donors (Lipinski definition) is 1. The van der Waals surface area contributed by atoms with Crippen molar-refractivity contribution >= 4 is 17.8 Å². The Morgan fingerprint density at radius 2 is 1.70 bits per heavy atom. The number of nitrogens with one attached hydrogen (secondary N) is 1. The molecule has 23 heavy (non-hydrogen) atoms. The van der Waals surface area contributed by atoms with Crippen molar-refractivity contribution in [3.63, 3.8) is 0 Å². The van der Waals surface area contributed by atoms with Gasteiger partial charge in [-0.2, -0.15) is 0 Å². The van der Waals surface area contributed by atoms with Crippen molar-refractivity contribution in [3.05, 3.63) is 35.6 Å². The highest BCUT2D eigenvalue weighted by Crippen LogP contribution is 2.19. The summed E-state index contributed by atoms with van der Waals surface area (Å²) in [7, 11) is 0. The van der Waals surface area contributed by atoms with Crippen LogP contribution in [0.4, 0.5) is 4.39 Å². The van der Waals surface area contributed by atoms with Gasteiger partial charge in [-0.3, -0.25) is 4.79 Å². The number of ether oxygens (including phenoxy) is 2. The van der Waals surface area contributed by atoms with E-state index in [1.165, 1.54) is 31.2 Å². The first-order chi connectivity index (χ1) is 10.9. The van der Waals surface area contributed by atoms with Gasteiger partial charge in [-0.1, -0.05) is 12.1 Å². The Bertz CT molecular complexity index is 570. The maximum Gasteiger partial charge on any atom is 0.344 e. The lowest BCUT2D eigenvalue weighted by atomic mass is 9.90. The van der Waals surface area contributed by atoms with Crippen molar-refractivity contribution in [2.75, 3.05) is 13.2 Å². The largest absolute Gasteiger partial charge is 0.464 e. The molecule has 0 saturated heterocycles. The van der Waals surface area contributed by atoms with Crippen LogP contribution in [0.1, 0.15) is 26.3 Å². The molecule has 0 aromatic heterocycles. The van der Waals surface area contributed by atoms with Gasteiger partial charge in [-0.05, 0) is 31.5 Å². The number of rotatable bonds is 7. The first-order valence-electron chi connectivity index (χ1n) is 7.23. The molecular formula is C16H20FNO5. The van der Waals surface area contributed by atoms with E-state index in [0.717, 1.165) is 0 Å². The Balaban J connectivity index is 3.31. The summed E-state index contributed by atoms with van der Waals surface area (Å²) in [6, 6.07) is 5.39. The first kappa shape index (κ1) is 18.6. The smallest absolute Gasteiger partial charge is 0.344 e. The second kappa shape index (κ2) is 8.26. The Morgan fingerprint density at radius 3 is 2.13 bits per heavy atom. The van der Waals surface area contributed by atoms with Gasteiger partial charge in [0.2, 0.25) is 11.4 Å². The molecule has 0 aliphatic carbocycles. The van der Waals surface area contributed by atoms with Gasteiger partial charge in [0.15, 0.2) is 0 Å². The summed E-state index contributed by atoms with van der Waals surface area (Å²) in [5.74, 6) is -3.02. The molecule has 0 aliphatic heterocycles. The number of benzene rings is 1. The third kappa shape index (κ3) is 4.77. The minimum absolute atomic E-state index is 0.0166. The van der Waals surface area contributed by atoms with Crippen molar-refractivity contribution in [1.29, 1.82) is 0 Å². The van der Waals surface area contributed by atoms with E-state index >= 15 is 0 Å². The van der Waals surface area contributed by atoms with Gasteiger partial charge in [0.05, 0.1) is 13.2 Å². The minimum Gasteiger partial charge on any atom is -0.464 e. The average molecular weight is 325 g/mol. The van der Waals surface area contributed by atoms with Gasteiger partial charge in [0, 0.05) is 13.3 Å². The van der Waals surface area contributed by atoms with Crippen LogP contribution in [0.5, 0.6) is 0 Å². The lowest BCUT2D eigenvalue weighted by molar-refractivity contribution is -0.168. The van der Waals surface area contributed by atoms with E-state index in [0.29, 0.717) is 5.56 Å². The van der Waals surface area contributed by atoms with Gasteiger partial charge in [0.25, 0.3) is 0 Å². The molecule has 0 saturated carbocycles. The Kier molecular flexibility index (Phi) is 6.68. The van der Waals surface area contributed by atoms with Crippen molar-refractivity contribution in [2.45, 2.75) is 32.7 Å². The van der Waals surface area contributed by atoms with Crippen LogP contribution in [0.3, 0.4) is 0 Å². The first-order valence-corrected chi connectivity index (χ1v) is 7.23. The minimum atomic E-state index is -2.05. The second-order valence-electron chi connectivity index (χ2n) is 4.83. The summed E-state index contributed by atoms with van der Waals surface area (Å²) in [5.41, 5.74) is -1.70. The summed E-state index contributed by atoms with van der Waals surface area (Å²) >= 11 is 0. The zero-order valence-electron chi connectivity index (χ0n) is 13.3. The van der Waals surface area contributed by atoms with Crippen LogP contribution in [0.15, 0.2) is 24.3 Å². The van der Waals surface area contributed by atoms with Gasteiger partial charge in [0.1, 0.15) is 5.82 Å². The van der Waals surface area contributed by atoms with Crippen molar-refractivity contribution in [1.82, 2.24) is 5.32 Å².